The number of hydrogen-bond donors (Lipinski definition) is 1. The van der Waals surface area contributed by atoms with E-state index < -0.39 is 35.1 Å². The summed E-state index contributed by atoms with van der Waals surface area (Å²) in [6.45, 7) is 9.52. The lowest BCUT2D eigenvalue weighted by atomic mass is 9.73. The average Bonchev–Trinajstić information content (AvgIpc) is 3.24. The van der Waals surface area contributed by atoms with E-state index >= 15 is 0 Å². The maximum atomic E-state index is 14.6. The van der Waals surface area contributed by atoms with Crippen molar-refractivity contribution >= 4 is 17.7 Å². The third-order valence-electron chi connectivity index (χ3n) is 9.36. The van der Waals surface area contributed by atoms with Crippen LogP contribution < -0.4 is 0 Å². The maximum Gasteiger partial charge on any atom is 0.249 e. The van der Waals surface area contributed by atoms with E-state index in [2.05, 4.69) is 6.92 Å². The van der Waals surface area contributed by atoms with Gasteiger partial charge in [-0.15, -0.1) is 0 Å². The van der Waals surface area contributed by atoms with Crippen LogP contribution in [-0.4, -0.2) is 87.1 Å². The van der Waals surface area contributed by atoms with Crippen LogP contribution in [0.4, 0.5) is 0 Å². The van der Waals surface area contributed by atoms with E-state index in [-0.39, 0.29) is 30.2 Å². The Bertz CT molecular complexity index is 1180. The quantitative estimate of drug-likeness (QED) is 0.478. The summed E-state index contributed by atoms with van der Waals surface area (Å²) in [6, 6.07) is 8.32. The number of hydrogen-bond acceptors (Lipinski definition) is 5. The number of unbranched alkanes of at least 4 members (excludes halogenated alkanes) is 1. The molecule has 4 aliphatic heterocycles. The fourth-order valence-corrected chi connectivity index (χ4v) is 7.27. The Labute approximate surface area is 237 Å². The van der Waals surface area contributed by atoms with Gasteiger partial charge in [0.25, 0.3) is 0 Å². The normalized spacial score (nSPS) is 32.3. The van der Waals surface area contributed by atoms with E-state index in [1.54, 1.807) is 14.7 Å². The highest BCUT2D eigenvalue weighted by Gasteiger charge is 2.76. The zero-order chi connectivity index (χ0) is 28.7. The van der Waals surface area contributed by atoms with Crippen LogP contribution in [0.15, 0.2) is 54.6 Å². The first-order valence-corrected chi connectivity index (χ1v) is 14.8. The van der Waals surface area contributed by atoms with Gasteiger partial charge >= 0.3 is 0 Å². The summed E-state index contributed by atoms with van der Waals surface area (Å²) in [5, 5.41) is 10.5. The monoisotopic (exact) mass is 549 g/mol. The largest absolute Gasteiger partial charge is 0.394 e. The van der Waals surface area contributed by atoms with Crippen molar-refractivity contribution < 1.29 is 24.2 Å². The fourth-order valence-electron chi connectivity index (χ4n) is 7.27. The van der Waals surface area contributed by atoms with Crippen LogP contribution in [0.5, 0.6) is 0 Å². The SMILES string of the molecule is CCCCN1CC=C[C@]23O[C@]4(CC)C=CCN(Cc5ccccc5)C(=O)[C@@H]4[C@H]2C(=O)N([C@@H](CO)C(C)C)C3C1=O. The number of likely N-dealkylation sites (tertiary alicyclic amines) is 1. The summed E-state index contributed by atoms with van der Waals surface area (Å²) in [5.74, 6) is -2.34. The van der Waals surface area contributed by atoms with Crippen molar-refractivity contribution in [1.29, 1.82) is 0 Å². The van der Waals surface area contributed by atoms with Gasteiger partial charge in [-0.1, -0.05) is 88.8 Å². The number of amides is 3. The van der Waals surface area contributed by atoms with E-state index in [1.807, 2.05) is 75.4 Å². The molecule has 216 valence electrons. The molecule has 4 heterocycles. The third kappa shape index (κ3) is 4.40. The zero-order valence-electron chi connectivity index (χ0n) is 24.2. The Morgan fingerprint density at radius 2 is 1.65 bits per heavy atom. The molecule has 8 heteroatoms. The number of benzene rings is 1. The van der Waals surface area contributed by atoms with Crippen LogP contribution in [-0.2, 0) is 25.7 Å². The van der Waals surface area contributed by atoms with Crippen LogP contribution in [0.1, 0.15) is 52.5 Å². The van der Waals surface area contributed by atoms with Gasteiger partial charge in [0.2, 0.25) is 17.7 Å². The lowest BCUT2D eigenvalue weighted by molar-refractivity contribution is -0.158. The van der Waals surface area contributed by atoms with Crippen LogP contribution >= 0.6 is 0 Å². The van der Waals surface area contributed by atoms with E-state index in [0.717, 1.165) is 18.4 Å². The van der Waals surface area contributed by atoms with Gasteiger partial charge in [-0.3, -0.25) is 14.4 Å². The summed E-state index contributed by atoms with van der Waals surface area (Å²) < 4.78 is 7.03. The van der Waals surface area contributed by atoms with E-state index in [1.165, 1.54) is 0 Å². The molecule has 2 fully saturated rings. The van der Waals surface area contributed by atoms with Crippen molar-refractivity contribution in [2.75, 3.05) is 26.2 Å². The molecule has 1 aromatic carbocycles. The van der Waals surface area contributed by atoms with Gasteiger partial charge in [0.1, 0.15) is 11.6 Å². The molecule has 5 rings (SSSR count). The molecule has 0 aliphatic carbocycles. The zero-order valence-corrected chi connectivity index (χ0v) is 24.2. The second-order valence-electron chi connectivity index (χ2n) is 12.0. The highest BCUT2D eigenvalue weighted by atomic mass is 16.5. The molecule has 0 aromatic heterocycles. The van der Waals surface area contributed by atoms with Crippen molar-refractivity contribution in [3.63, 3.8) is 0 Å². The maximum absolute atomic E-state index is 14.6. The Balaban J connectivity index is 1.63. The van der Waals surface area contributed by atoms with Crippen LogP contribution in [0.2, 0.25) is 0 Å². The van der Waals surface area contributed by atoms with Gasteiger partial charge in [-0.05, 0) is 24.3 Å². The number of nitrogens with zero attached hydrogens (tertiary/aromatic N) is 3. The Morgan fingerprint density at radius 3 is 2.30 bits per heavy atom. The van der Waals surface area contributed by atoms with Crippen molar-refractivity contribution in [3.8, 4) is 0 Å². The summed E-state index contributed by atoms with van der Waals surface area (Å²) in [6.07, 6.45) is 10.0. The Kier molecular flexibility index (Phi) is 7.94. The minimum atomic E-state index is -1.30. The number of fused-ring (bicyclic) bond motifs is 2. The van der Waals surface area contributed by atoms with Crippen LogP contribution in [0.25, 0.3) is 0 Å². The molecular formula is C32H43N3O5. The number of carbonyl (C=O) groups is 3. The summed E-state index contributed by atoms with van der Waals surface area (Å²) in [4.78, 5) is 48.6. The van der Waals surface area contributed by atoms with Gasteiger partial charge in [-0.25, -0.2) is 0 Å². The second kappa shape index (κ2) is 11.1. The number of aliphatic hydroxyl groups is 1. The predicted molar refractivity (Wildman–Crippen MR) is 152 cm³/mol. The molecule has 1 spiro atoms. The number of carbonyl (C=O) groups excluding carboxylic acids is 3. The van der Waals surface area contributed by atoms with Gasteiger partial charge in [0.15, 0.2) is 0 Å². The van der Waals surface area contributed by atoms with Gasteiger partial charge in [0, 0.05) is 26.2 Å². The fraction of sp³-hybridized carbons (Fsp3) is 0.594. The average molecular weight is 550 g/mol. The molecule has 6 atom stereocenters. The molecule has 4 aliphatic rings. The summed E-state index contributed by atoms with van der Waals surface area (Å²) in [5.41, 5.74) is -1.30. The Morgan fingerprint density at radius 1 is 0.950 bits per heavy atom. The topological polar surface area (TPSA) is 90.4 Å². The highest BCUT2D eigenvalue weighted by Crippen LogP contribution is 2.59. The molecule has 0 saturated carbocycles. The van der Waals surface area contributed by atoms with Crippen molar-refractivity contribution in [1.82, 2.24) is 14.7 Å². The van der Waals surface area contributed by atoms with Gasteiger partial charge < -0.3 is 24.5 Å². The summed E-state index contributed by atoms with van der Waals surface area (Å²) in [7, 11) is 0. The van der Waals surface area contributed by atoms with Gasteiger partial charge in [-0.2, -0.15) is 0 Å². The molecule has 2 saturated heterocycles. The molecule has 8 nitrogen and oxygen atoms in total. The van der Waals surface area contributed by atoms with Crippen molar-refractivity contribution in [3.05, 3.63) is 60.2 Å². The predicted octanol–water partition coefficient (Wildman–Crippen LogP) is 3.16. The number of rotatable bonds is 9. The molecule has 0 radical (unpaired) electrons. The number of aliphatic hydroxyl groups excluding tert-OH is 1. The molecule has 1 N–H and O–H groups in total. The lowest BCUT2D eigenvalue weighted by Crippen LogP contribution is -2.59. The molecule has 1 aromatic rings. The minimum Gasteiger partial charge on any atom is -0.394 e. The Hall–Kier alpha value is -2.97. The second-order valence-corrected chi connectivity index (χ2v) is 12.0. The first-order valence-electron chi connectivity index (χ1n) is 14.8. The molecule has 0 bridgehead atoms. The highest BCUT2D eigenvalue weighted by molar-refractivity contribution is 6.00. The minimum absolute atomic E-state index is 0.0933. The van der Waals surface area contributed by atoms with Crippen molar-refractivity contribution in [2.24, 2.45) is 17.8 Å². The number of ether oxygens (including phenoxy) is 1. The smallest absolute Gasteiger partial charge is 0.249 e. The first-order chi connectivity index (χ1) is 19.2. The molecule has 3 amide bonds. The third-order valence-corrected chi connectivity index (χ3v) is 9.36. The van der Waals surface area contributed by atoms with Crippen LogP contribution in [0.3, 0.4) is 0 Å². The summed E-state index contributed by atoms with van der Waals surface area (Å²) >= 11 is 0. The molecular weight excluding hydrogens is 506 g/mol. The molecule has 1 unspecified atom stereocenters. The lowest BCUT2D eigenvalue weighted by Gasteiger charge is -2.41. The van der Waals surface area contributed by atoms with Gasteiger partial charge in [0.05, 0.1) is 30.1 Å². The molecule has 40 heavy (non-hydrogen) atoms. The van der Waals surface area contributed by atoms with E-state index in [9.17, 15) is 19.5 Å². The van der Waals surface area contributed by atoms with Crippen LogP contribution in [0, 0.1) is 17.8 Å². The van der Waals surface area contributed by atoms with E-state index in [4.69, 9.17) is 4.74 Å². The van der Waals surface area contributed by atoms with E-state index in [0.29, 0.717) is 32.6 Å². The standard InChI is InChI=1S/C32H43N3O5/c1-5-7-17-33-18-12-16-32-26(29(38)35(27(32)30(33)39)24(21-36)22(3)4)25-28(37)34(20-23-13-9-8-10-14-23)19-11-15-31(25,6-2)40-32/h8-16,22,24-27,36H,5-7,17-21H2,1-4H3/t24-,25-,26-,27?,31+,32-/m0/s1. The van der Waals surface area contributed by atoms with Crippen molar-refractivity contribution in [2.45, 2.75) is 76.8 Å². The first kappa shape index (κ1) is 28.6.